The smallest absolute Gasteiger partial charge is 0.271 e. The van der Waals surface area contributed by atoms with Gasteiger partial charge in [0.05, 0.1) is 6.26 Å². The number of carbonyl (C=O) groups excluding carboxylic acids is 1. The maximum Gasteiger partial charge on any atom is 0.271 e. The van der Waals surface area contributed by atoms with Gasteiger partial charge in [-0.15, -0.1) is 11.3 Å². The highest BCUT2D eigenvalue weighted by atomic mass is 32.1. The number of rotatable bonds is 3. The van der Waals surface area contributed by atoms with E-state index in [4.69, 9.17) is 4.42 Å². The second-order valence-electron chi connectivity index (χ2n) is 5.98. The standard InChI is InChI=1S/C16H19N3O2S/c20-15(12-10-22-16(18-12)14-5-3-9-21-14)17-11-6-8-19-7-2-1-4-13(11)19/h3,5,9-11,13H,1-2,4,6-8H2,(H,17,20). The Morgan fingerprint density at radius 3 is 3.18 bits per heavy atom. The van der Waals surface area contributed by atoms with Crippen molar-refractivity contribution in [3.05, 3.63) is 29.5 Å². The van der Waals surface area contributed by atoms with E-state index in [0.717, 1.165) is 18.0 Å². The largest absolute Gasteiger partial charge is 0.462 e. The molecule has 0 aromatic carbocycles. The Kier molecular flexibility index (Phi) is 3.72. The first kappa shape index (κ1) is 14.0. The fourth-order valence-electron chi connectivity index (χ4n) is 3.55. The molecule has 6 heteroatoms. The van der Waals surface area contributed by atoms with Crippen molar-refractivity contribution in [2.45, 2.75) is 37.8 Å². The van der Waals surface area contributed by atoms with Gasteiger partial charge in [0.25, 0.3) is 5.91 Å². The number of nitrogens with zero attached hydrogens (tertiary/aromatic N) is 2. The van der Waals surface area contributed by atoms with E-state index in [9.17, 15) is 4.79 Å². The molecule has 0 bridgehead atoms. The van der Waals surface area contributed by atoms with Gasteiger partial charge in [-0.05, 0) is 37.9 Å². The van der Waals surface area contributed by atoms with Crippen LogP contribution in [-0.4, -0.2) is 41.0 Å². The summed E-state index contributed by atoms with van der Waals surface area (Å²) in [5, 5.41) is 5.74. The molecule has 5 nitrogen and oxygen atoms in total. The van der Waals surface area contributed by atoms with Crippen LogP contribution >= 0.6 is 11.3 Å². The quantitative estimate of drug-likeness (QED) is 0.945. The summed E-state index contributed by atoms with van der Waals surface area (Å²) >= 11 is 1.44. The minimum Gasteiger partial charge on any atom is -0.462 e. The van der Waals surface area contributed by atoms with Gasteiger partial charge >= 0.3 is 0 Å². The molecule has 0 saturated carbocycles. The lowest BCUT2D eigenvalue weighted by Crippen LogP contribution is -2.46. The SMILES string of the molecule is O=C(NC1CCN2CCCCC12)c1csc(-c2ccco2)n1. The van der Waals surface area contributed by atoms with Crippen LogP contribution < -0.4 is 5.32 Å². The third-order valence-corrected chi connectivity index (χ3v) is 5.50. The summed E-state index contributed by atoms with van der Waals surface area (Å²) in [6, 6.07) is 4.46. The number of aromatic nitrogens is 1. The maximum atomic E-state index is 12.4. The van der Waals surface area contributed by atoms with Gasteiger partial charge in [0.2, 0.25) is 0 Å². The van der Waals surface area contributed by atoms with E-state index < -0.39 is 0 Å². The molecule has 4 rings (SSSR count). The summed E-state index contributed by atoms with van der Waals surface area (Å²) in [7, 11) is 0. The molecule has 2 atom stereocenters. The van der Waals surface area contributed by atoms with Crippen molar-refractivity contribution in [2.75, 3.05) is 13.1 Å². The molecule has 2 aromatic heterocycles. The molecule has 4 heterocycles. The lowest BCUT2D eigenvalue weighted by atomic mass is 9.99. The molecule has 2 aliphatic rings. The number of hydrogen-bond donors (Lipinski definition) is 1. The van der Waals surface area contributed by atoms with Crippen LogP contribution in [0.3, 0.4) is 0 Å². The Hall–Kier alpha value is -1.66. The van der Waals surface area contributed by atoms with Crippen LogP contribution in [0, 0.1) is 0 Å². The first-order valence-electron chi connectivity index (χ1n) is 7.85. The molecule has 0 aliphatic carbocycles. The lowest BCUT2D eigenvalue weighted by molar-refractivity contribution is 0.0911. The molecule has 1 N–H and O–H groups in total. The summed E-state index contributed by atoms with van der Waals surface area (Å²) < 4.78 is 5.33. The molecule has 2 saturated heterocycles. The summed E-state index contributed by atoms with van der Waals surface area (Å²) in [6.07, 6.45) is 6.42. The highest BCUT2D eigenvalue weighted by Crippen LogP contribution is 2.28. The Balaban J connectivity index is 1.44. The van der Waals surface area contributed by atoms with Gasteiger partial charge in [0.1, 0.15) is 5.69 Å². The van der Waals surface area contributed by atoms with Gasteiger partial charge in [-0.3, -0.25) is 9.69 Å². The lowest BCUT2D eigenvalue weighted by Gasteiger charge is -2.32. The van der Waals surface area contributed by atoms with Crippen molar-refractivity contribution < 1.29 is 9.21 Å². The highest BCUT2D eigenvalue weighted by molar-refractivity contribution is 7.13. The highest BCUT2D eigenvalue weighted by Gasteiger charge is 2.36. The van der Waals surface area contributed by atoms with Crippen LogP contribution in [0.2, 0.25) is 0 Å². The zero-order valence-corrected chi connectivity index (χ0v) is 13.1. The number of amides is 1. The van der Waals surface area contributed by atoms with Gasteiger partial charge in [-0.25, -0.2) is 4.98 Å². The van der Waals surface area contributed by atoms with Crippen molar-refractivity contribution in [1.29, 1.82) is 0 Å². The number of fused-ring (bicyclic) bond motifs is 1. The Morgan fingerprint density at radius 2 is 2.32 bits per heavy atom. The summed E-state index contributed by atoms with van der Waals surface area (Å²) in [4.78, 5) is 19.4. The second-order valence-corrected chi connectivity index (χ2v) is 6.84. The predicted octanol–water partition coefficient (Wildman–Crippen LogP) is 2.76. The molecule has 2 unspecified atom stereocenters. The van der Waals surface area contributed by atoms with E-state index in [2.05, 4.69) is 15.2 Å². The number of furan rings is 1. The van der Waals surface area contributed by atoms with Crippen LogP contribution in [0.15, 0.2) is 28.2 Å². The second kappa shape index (κ2) is 5.85. The van der Waals surface area contributed by atoms with Crippen molar-refractivity contribution in [3.8, 4) is 10.8 Å². The Morgan fingerprint density at radius 1 is 1.36 bits per heavy atom. The van der Waals surface area contributed by atoms with E-state index in [1.165, 1.54) is 37.1 Å². The fraction of sp³-hybridized carbons (Fsp3) is 0.500. The normalized spacial score (nSPS) is 25.1. The molecule has 2 aliphatic heterocycles. The molecule has 0 spiro atoms. The number of carbonyl (C=O) groups is 1. The zero-order chi connectivity index (χ0) is 14.9. The Bertz CT molecular complexity index is 652. The topological polar surface area (TPSA) is 58.4 Å². The molecule has 22 heavy (non-hydrogen) atoms. The van der Waals surface area contributed by atoms with Gasteiger partial charge in [0.15, 0.2) is 10.8 Å². The molecule has 116 valence electrons. The van der Waals surface area contributed by atoms with Crippen LogP contribution in [0.1, 0.15) is 36.2 Å². The fourth-order valence-corrected chi connectivity index (χ4v) is 4.32. The van der Waals surface area contributed by atoms with Crippen molar-refractivity contribution in [2.24, 2.45) is 0 Å². The van der Waals surface area contributed by atoms with Crippen molar-refractivity contribution in [1.82, 2.24) is 15.2 Å². The number of thiazole rings is 1. The number of piperidine rings is 1. The van der Waals surface area contributed by atoms with E-state index in [1.54, 1.807) is 11.6 Å². The van der Waals surface area contributed by atoms with E-state index >= 15 is 0 Å². The van der Waals surface area contributed by atoms with Gasteiger partial charge in [0, 0.05) is 24.0 Å². The third kappa shape index (κ3) is 2.57. The molecule has 2 aromatic rings. The van der Waals surface area contributed by atoms with Crippen LogP contribution in [0.4, 0.5) is 0 Å². The molecule has 2 fully saturated rings. The first-order valence-corrected chi connectivity index (χ1v) is 8.73. The molecular formula is C16H19N3O2S. The Labute approximate surface area is 133 Å². The summed E-state index contributed by atoms with van der Waals surface area (Å²) in [5.41, 5.74) is 0.491. The van der Waals surface area contributed by atoms with E-state index in [-0.39, 0.29) is 11.9 Å². The third-order valence-electron chi connectivity index (χ3n) is 4.64. The zero-order valence-electron chi connectivity index (χ0n) is 12.3. The average molecular weight is 317 g/mol. The van der Waals surface area contributed by atoms with E-state index in [1.807, 2.05) is 12.1 Å². The van der Waals surface area contributed by atoms with Gasteiger partial charge < -0.3 is 9.73 Å². The monoisotopic (exact) mass is 317 g/mol. The van der Waals surface area contributed by atoms with Crippen LogP contribution in [0.25, 0.3) is 10.8 Å². The van der Waals surface area contributed by atoms with E-state index in [0.29, 0.717) is 17.5 Å². The predicted molar refractivity (Wildman–Crippen MR) is 84.9 cm³/mol. The van der Waals surface area contributed by atoms with Crippen molar-refractivity contribution >= 4 is 17.2 Å². The molecule has 1 amide bonds. The minimum atomic E-state index is -0.0634. The number of hydrogen-bond acceptors (Lipinski definition) is 5. The summed E-state index contributed by atoms with van der Waals surface area (Å²) in [6.45, 7) is 2.28. The minimum absolute atomic E-state index is 0.0634. The van der Waals surface area contributed by atoms with Gasteiger partial charge in [-0.1, -0.05) is 6.42 Å². The maximum absolute atomic E-state index is 12.4. The first-order chi connectivity index (χ1) is 10.8. The molecular weight excluding hydrogens is 298 g/mol. The molecule has 0 radical (unpaired) electrons. The summed E-state index contributed by atoms with van der Waals surface area (Å²) in [5.74, 6) is 0.648. The van der Waals surface area contributed by atoms with Crippen LogP contribution in [0.5, 0.6) is 0 Å². The number of nitrogens with one attached hydrogen (secondary N) is 1. The van der Waals surface area contributed by atoms with Crippen LogP contribution in [-0.2, 0) is 0 Å². The van der Waals surface area contributed by atoms with Gasteiger partial charge in [-0.2, -0.15) is 0 Å². The van der Waals surface area contributed by atoms with Crippen molar-refractivity contribution in [3.63, 3.8) is 0 Å². The average Bonchev–Trinajstić information content (AvgIpc) is 3.28.